The number of thioether (sulfide) groups is 1. The van der Waals surface area contributed by atoms with Crippen molar-refractivity contribution in [1.29, 1.82) is 0 Å². The van der Waals surface area contributed by atoms with Crippen molar-refractivity contribution in [3.8, 4) is 5.75 Å². The third-order valence-electron chi connectivity index (χ3n) is 2.89. The van der Waals surface area contributed by atoms with Crippen LogP contribution in [0.5, 0.6) is 5.75 Å². The van der Waals surface area contributed by atoms with Crippen molar-refractivity contribution in [2.45, 2.75) is 13.3 Å². The largest absolute Gasteiger partial charge is 0.493 e. The number of benzene rings is 1. The van der Waals surface area contributed by atoms with Gasteiger partial charge in [-0.05, 0) is 30.7 Å². The molecule has 1 aliphatic heterocycles. The van der Waals surface area contributed by atoms with E-state index in [2.05, 4.69) is 15.9 Å². The summed E-state index contributed by atoms with van der Waals surface area (Å²) >= 11 is 9.57. The maximum Gasteiger partial charge on any atom is 0.323 e. The van der Waals surface area contributed by atoms with Gasteiger partial charge in [0.2, 0.25) is 0 Å². The first-order chi connectivity index (χ1) is 10.9. The SMILES string of the molecule is CCCOc1ccc(Br)cc1C=C1SC(=S)N(CC(=O)O)C1=O. The number of halogens is 1. The highest BCUT2D eigenvalue weighted by atomic mass is 79.9. The topological polar surface area (TPSA) is 66.8 Å². The quantitative estimate of drug-likeness (QED) is 0.566. The average Bonchev–Trinajstić information content (AvgIpc) is 2.74. The van der Waals surface area contributed by atoms with Crippen LogP contribution in [-0.4, -0.2) is 39.4 Å². The van der Waals surface area contributed by atoms with Crippen LogP contribution in [-0.2, 0) is 9.59 Å². The molecular weight excluding hydrogens is 402 g/mol. The number of hydrogen-bond donors (Lipinski definition) is 1. The first-order valence-corrected chi connectivity index (χ1v) is 8.83. The number of carboxylic acid groups (broad SMARTS) is 1. The van der Waals surface area contributed by atoms with Gasteiger partial charge >= 0.3 is 5.97 Å². The fraction of sp³-hybridized carbons (Fsp3) is 0.267. The molecule has 0 unspecified atom stereocenters. The summed E-state index contributed by atoms with van der Waals surface area (Å²) in [5.41, 5.74) is 0.739. The molecule has 0 aliphatic carbocycles. The Bertz CT molecular complexity index is 690. The standard InChI is InChI=1S/C15H14BrNO4S2/c1-2-5-21-11-4-3-10(16)6-9(11)7-12-14(20)17(8-13(18)19)15(22)23-12/h3-4,6-7H,2,5,8H2,1H3,(H,18,19). The van der Waals surface area contributed by atoms with E-state index in [0.717, 1.165) is 33.1 Å². The third kappa shape index (κ3) is 4.55. The molecule has 1 amide bonds. The number of amides is 1. The Morgan fingerprint density at radius 3 is 2.91 bits per heavy atom. The summed E-state index contributed by atoms with van der Waals surface area (Å²) in [6.45, 7) is 2.15. The summed E-state index contributed by atoms with van der Waals surface area (Å²) in [6.07, 6.45) is 2.55. The van der Waals surface area contributed by atoms with Crippen LogP contribution in [0.15, 0.2) is 27.6 Å². The van der Waals surface area contributed by atoms with Crippen molar-refractivity contribution in [3.63, 3.8) is 0 Å². The summed E-state index contributed by atoms with van der Waals surface area (Å²) < 4.78 is 6.78. The average molecular weight is 416 g/mol. The van der Waals surface area contributed by atoms with E-state index >= 15 is 0 Å². The number of carbonyl (C=O) groups excluding carboxylic acids is 1. The van der Waals surface area contributed by atoms with Crippen LogP contribution in [0, 0.1) is 0 Å². The summed E-state index contributed by atoms with van der Waals surface area (Å²) in [7, 11) is 0. The summed E-state index contributed by atoms with van der Waals surface area (Å²) in [6, 6.07) is 5.52. The fourth-order valence-electron chi connectivity index (χ4n) is 1.89. The minimum Gasteiger partial charge on any atom is -0.493 e. The molecule has 0 atom stereocenters. The molecule has 122 valence electrons. The molecule has 23 heavy (non-hydrogen) atoms. The summed E-state index contributed by atoms with van der Waals surface area (Å²) in [5, 5.41) is 8.85. The van der Waals surface area contributed by atoms with Crippen LogP contribution in [0.25, 0.3) is 6.08 Å². The minimum absolute atomic E-state index is 0.245. The number of hydrogen-bond acceptors (Lipinski definition) is 5. The van der Waals surface area contributed by atoms with Crippen molar-refractivity contribution in [2.75, 3.05) is 13.2 Å². The highest BCUT2D eigenvalue weighted by molar-refractivity contribution is 9.10. The highest BCUT2D eigenvalue weighted by Gasteiger charge is 2.33. The summed E-state index contributed by atoms with van der Waals surface area (Å²) in [4.78, 5) is 24.6. The van der Waals surface area contributed by atoms with E-state index in [1.807, 2.05) is 25.1 Å². The third-order valence-corrected chi connectivity index (χ3v) is 4.76. The van der Waals surface area contributed by atoms with Crippen molar-refractivity contribution < 1.29 is 19.4 Å². The van der Waals surface area contributed by atoms with Gasteiger partial charge in [0.15, 0.2) is 0 Å². The van der Waals surface area contributed by atoms with Crippen molar-refractivity contribution in [3.05, 3.63) is 33.1 Å². The van der Waals surface area contributed by atoms with E-state index < -0.39 is 18.4 Å². The van der Waals surface area contributed by atoms with Gasteiger partial charge in [0.1, 0.15) is 16.6 Å². The van der Waals surface area contributed by atoms with Crippen molar-refractivity contribution in [2.24, 2.45) is 0 Å². The molecule has 8 heteroatoms. The maximum absolute atomic E-state index is 12.3. The number of ether oxygens (including phenoxy) is 1. The predicted molar refractivity (Wildman–Crippen MR) is 97.4 cm³/mol. The number of nitrogens with zero attached hydrogens (tertiary/aromatic N) is 1. The number of carbonyl (C=O) groups is 2. The van der Waals surface area contributed by atoms with Gasteiger partial charge < -0.3 is 9.84 Å². The number of thiocarbonyl (C=S) groups is 1. The Hall–Kier alpha value is -1.38. The zero-order valence-corrected chi connectivity index (χ0v) is 15.5. The molecule has 0 saturated carbocycles. The normalized spacial score (nSPS) is 16.3. The van der Waals surface area contributed by atoms with Crippen molar-refractivity contribution >= 4 is 62.2 Å². The molecule has 2 rings (SSSR count). The van der Waals surface area contributed by atoms with Gasteiger partial charge in [0.05, 0.1) is 11.5 Å². The van der Waals surface area contributed by atoms with Crippen LogP contribution < -0.4 is 4.74 Å². The molecule has 1 fully saturated rings. The van der Waals surface area contributed by atoms with Crippen LogP contribution in [0.2, 0.25) is 0 Å². The van der Waals surface area contributed by atoms with Gasteiger partial charge in [0.25, 0.3) is 5.91 Å². The van der Waals surface area contributed by atoms with Gasteiger partial charge in [-0.15, -0.1) is 0 Å². The Labute approximate surface area is 151 Å². The van der Waals surface area contributed by atoms with Crippen LogP contribution in [0.1, 0.15) is 18.9 Å². The molecule has 1 aromatic carbocycles. The molecule has 1 N–H and O–H groups in total. The first kappa shape index (κ1) is 18.0. The molecule has 0 spiro atoms. The molecule has 0 radical (unpaired) electrons. The monoisotopic (exact) mass is 415 g/mol. The Kier molecular flexibility index (Phi) is 6.20. The maximum atomic E-state index is 12.3. The number of aliphatic carboxylic acids is 1. The molecule has 0 aromatic heterocycles. The summed E-state index contributed by atoms with van der Waals surface area (Å²) in [5.74, 6) is -0.834. The smallest absolute Gasteiger partial charge is 0.323 e. The lowest BCUT2D eigenvalue weighted by Crippen LogP contribution is -2.33. The molecule has 1 aromatic rings. The Morgan fingerprint density at radius 2 is 2.26 bits per heavy atom. The Balaban J connectivity index is 2.31. The fourth-order valence-corrected chi connectivity index (χ4v) is 3.51. The van der Waals surface area contributed by atoms with E-state index in [-0.39, 0.29) is 4.32 Å². The van der Waals surface area contributed by atoms with Gasteiger partial charge in [0, 0.05) is 10.0 Å². The first-order valence-electron chi connectivity index (χ1n) is 6.82. The lowest BCUT2D eigenvalue weighted by atomic mass is 10.2. The van der Waals surface area contributed by atoms with E-state index in [0.29, 0.717) is 17.3 Å². The zero-order valence-electron chi connectivity index (χ0n) is 12.2. The zero-order chi connectivity index (χ0) is 17.0. The van der Waals surface area contributed by atoms with E-state index in [1.165, 1.54) is 0 Å². The van der Waals surface area contributed by atoms with Crippen LogP contribution in [0.3, 0.4) is 0 Å². The van der Waals surface area contributed by atoms with Crippen LogP contribution >= 0.6 is 39.9 Å². The van der Waals surface area contributed by atoms with E-state index in [9.17, 15) is 9.59 Å². The second kappa shape index (κ2) is 7.94. The lowest BCUT2D eigenvalue weighted by Gasteiger charge is -2.10. The molecular formula is C15H14BrNO4S2. The second-order valence-electron chi connectivity index (χ2n) is 4.69. The number of carboxylic acids is 1. The van der Waals surface area contributed by atoms with Gasteiger partial charge in [-0.2, -0.15) is 0 Å². The van der Waals surface area contributed by atoms with E-state index in [4.69, 9.17) is 22.1 Å². The molecule has 0 bridgehead atoms. The van der Waals surface area contributed by atoms with Gasteiger partial charge in [-0.25, -0.2) is 0 Å². The van der Waals surface area contributed by atoms with Gasteiger partial charge in [-0.1, -0.05) is 46.8 Å². The van der Waals surface area contributed by atoms with Gasteiger partial charge in [-0.3, -0.25) is 14.5 Å². The van der Waals surface area contributed by atoms with E-state index in [1.54, 1.807) is 6.08 Å². The van der Waals surface area contributed by atoms with Crippen molar-refractivity contribution in [1.82, 2.24) is 4.90 Å². The molecule has 1 saturated heterocycles. The Morgan fingerprint density at radius 1 is 1.52 bits per heavy atom. The van der Waals surface area contributed by atoms with Crippen LogP contribution in [0.4, 0.5) is 0 Å². The molecule has 1 heterocycles. The second-order valence-corrected chi connectivity index (χ2v) is 7.28. The predicted octanol–water partition coefficient (Wildman–Crippen LogP) is 3.52. The highest BCUT2D eigenvalue weighted by Crippen LogP contribution is 2.35. The minimum atomic E-state index is -1.10. The molecule has 5 nitrogen and oxygen atoms in total. The lowest BCUT2D eigenvalue weighted by molar-refractivity contribution is -0.140. The number of rotatable bonds is 6. The molecule has 1 aliphatic rings.